The predicted octanol–water partition coefficient (Wildman–Crippen LogP) is 1.64. The lowest BCUT2D eigenvalue weighted by molar-refractivity contribution is 0.0596. The first-order chi connectivity index (χ1) is 10.9. The van der Waals surface area contributed by atoms with Gasteiger partial charge in [0.15, 0.2) is 0 Å². The van der Waals surface area contributed by atoms with Crippen molar-refractivity contribution in [3.8, 4) is 0 Å². The van der Waals surface area contributed by atoms with Crippen LogP contribution in [0.5, 0.6) is 0 Å². The molecule has 1 N–H and O–H groups in total. The van der Waals surface area contributed by atoms with Gasteiger partial charge in [-0.05, 0) is 44.0 Å². The van der Waals surface area contributed by atoms with E-state index in [2.05, 4.69) is 5.32 Å². The standard InChI is InChI=1S/C15H19ClN2O4S/c1-22-15(19)13-5-2-10(16)8-14(13)23(20,21)18-11-3-4-12(18)9-17-7-6-11/h2,5,8,11-12,17H,3-4,6-7,9H2,1H3. The molecule has 2 fully saturated rings. The lowest BCUT2D eigenvalue weighted by atomic mass is 10.1. The van der Waals surface area contributed by atoms with Crippen molar-refractivity contribution in [2.24, 2.45) is 0 Å². The van der Waals surface area contributed by atoms with Gasteiger partial charge in [0.1, 0.15) is 0 Å². The lowest BCUT2D eigenvalue weighted by Gasteiger charge is -2.27. The first-order valence-corrected chi connectivity index (χ1v) is 9.39. The monoisotopic (exact) mass is 358 g/mol. The van der Waals surface area contributed by atoms with Crippen LogP contribution < -0.4 is 5.32 Å². The van der Waals surface area contributed by atoms with Gasteiger partial charge in [0.2, 0.25) is 10.0 Å². The van der Waals surface area contributed by atoms with Crippen LogP contribution in [0.2, 0.25) is 5.02 Å². The molecule has 1 aromatic carbocycles. The molecule has 2 heterocycles. The minimum atomic E-state index is -3.82. The first kappa shape index (κ1) is 16.7. The van der Waals surface area contributed by atoms with Crippen LogP contribution in [0.4, 0.5) is 0 Å². The third kappa shape index (κ3) is 2.98. The predicted molar refractivity (Wildman–Crippen MR) is 86.1 cm³/mol. The molecular weight excluding hydrogens is 340 g/mol. The van der Waals surface area contributed by atoms with Crippen LogP contribution in [0.25, 0.3) is 0 Å². The van der Waals surface area contributed by atoms with E-state index in [-0.39, 0.29) is 27.6 Å². The minimum Gasteiger partial charge on any atom is -0.465 e. The number of fused-ring (bicyclic) bond motifs is 2. The van der Waals surface area contributed by atoms with E-state index in [1.54, 1.807) is 4.31 Å². The van der Waals surface area contributed by atoms with Gasteiger partial charge in [-0.1, -0.05) is 11.6 Å². The number of hydrogen-bond acceptors (Lipinski definition) is 5. The fourth-order valence-corrected chi connectivity index (χ4v) is 5.78. The SMILES string of the molecule is COC(=O)c1ccc(Cl)cc1S(=O)(=O)N1C2CCNCC1CC2. The highest BCUT2D eigenvalue weighted by atomic mass is 35.5. The van der Waals surface area contributed by atoms with E-state index in [4.69, 9.17) is 16.3 Å². The summed E-state index contributed by atoms with van der Waals surface area (Å²) < 4.78 is 32.7. The second-order valence-corrected chi connectivity index (χ2v) is 8.09. The van der Waals surface area contributed by atoms with Gasteiger partial charge in [-0.3, -0.25) is 0 Å². The van der Waals surface area contributed by atoms with Crippen molar-refractivity contribution in [2.45, 2.75) is 36.2 Å². The van der Waals surface area contributed by atoms with Crippen LogP contribution >= 0.6 is 11.6 Å². The molecule has 0 aromatic heterocycles. The van der Waals surface area contributed by atoms with Crippen LogP contribution in [0, 0.1) is 0 Å². The van der Waals surface area contributed by atoms with Gasteiger partial charge in [0.25, 0.3) is 0 Å². The van der Waals surface area contributed by atoms with Crippen molar-refractivity contribution >= 4 is 27.6 Å². The van der Waals surface area contributed by atoms with Crippen molar-refractivity contribution in [2.75, 3.05) is 20.2 Å². The summed E-state index contributed by atoms with van der Waals surface area (Å²) in [6, 6.07) is 4.10. The number of halogens is 1. The zero-order valence-electron chi connectivity index (χ0n) is 12.8. The number of ether oxygens (including phenoxy) is 1. The van der Waals surface area contributed by atoms with Crippen LogP contribution in [0.3, 0.4) is 0 Å². The number of sulfonamides is 1. The number of benzene rings is 1. The van der Waals surface area contributed by atoms with Crippen molar-refractivity contribution in [3.05, 3.63) is 28.8 Å². The number of nitrogens with one attached hydrogen (secondary N) is 1. The Balaban J connectivity index is 2.09. The van der Waals surface area contributed by atoms with Gasteiger partial charge in [0.05, 0.1) is 17.6 Å². The molecule has 1 aromatic rings. The molecular formula is C15H19ClN2O4S. The highest BCUT2D eigenvalue weighted by Gasteiger charge is 2.44. The largest absolute Gasteiger partial charge is 0.465 e. The number of rotatable bonds is 3. The molecule has 2 unspecified atom stereocenters. The Morgan fingerprint density at radius 2 is 2.04 bits per heavy atom. The normalized spacial score (nSPS) is 25.1. The molecule has 0 radical (unpaired) electrons. The Kier molecular flexibility index (Phi) is 4.64. The Hall–Kier alpha value is -1.15. The van der Waals surface area contributed by atoms with Gasteiger partial charge in [-0.2, -0.15) is 4.31 Å². The van der Waals surface area contributed by atoms with Gasteiger partial charge in [-0.25, -0.2) is 13.2 Å². The number of nitrogens with zero attached hydrogens (tertiary/aromatic N) is 1. The summed E-state index contributed by atoms with van der Waals surface area (Å²) in [5, 5.41) is 3.54. The van der Waals surface area contributed by atoms with Crippen molar-refractivity contribution in [1.82, 2.24) is 9.62 Å². The summed E-state index contributed by atoms with van der Waals surface area (Å²) in [7, 11) is -2.59. The third-order valence-electron chi connectivity index (χ3n) is 4.49. The van der Waals surface area contributed by atoms with Crippen LogP contribution in [0.1, 0.15) is 29.6 Å². The zero-order valence-corrected chi connectivity index (χ0v) is 14.4. The molecule has 2 aliphatic heterocycles. The van der Waals surface area contributed by atoms with Crippen LogP contribution in [0.15, 0.2) is 23.1 Å². The minimum absolute atomic E-state index is 0.0218. The molecule has 0 aliphatic carbocycles. The number of carbonyl (C=O) groups is 1. The molecule has 2 atom stereocenters. The maximum Gasteiger partial charge on any atom is 0.339 e. The average Bonchev–Trinajstić information content (AvgIpc) is 2.80. The van der Waals surface area contributed by atoms with Gasteiger partial charge in [0, 0.05) is 23.7 Å². The lowest BCUT2D eigenvalue weighted by Crippen LogP contribution is -2.42. The Morgan fingerprint density at radius 3 is 2.78 bits per heavy atom. The van der Waals surface area contributed by atoms with Crippen molar-refractivity contribution < 1.29 is 17.9 Å². The third-order valence-corrected chi connectivity index (χ3v) is 6.77. The Morgan fingerprint density at radius 1 is 1.30 bits per heavy atom. The zero-order chi connectivity index (χ0) is 16.6. The molecule has 2 bridgehead atoms. The number of hydrogen-bond donors (Lipinski definition) is 1. The quantitative estimate of drug-likeness (QED) is 0.831. The summed E-state index contributed by atoms with van der Waals surface area (Å²) in [5.74, 6) is -0.680. The molecule has 2 aliphatic rings. The molecule has 23 heavy (non-hydrogen) atoms. The maximum absolute atomic E-state index is 13.2. The van der Waals surface area contributed by atoms with Crippen LogP contribution in [-0.4, -0.2) is 51.0 Å². The number of esters is 1. The van der Waals surface area contributed by atoms with Crippen molar-refractivity contribution in [3.63, 3.8) is 0 Å². The fraction of sp³-hybridized carbons (Fsp3) is 0.533. The van der Waals surface area contributed by atoms with E-state index in [9.17, 15) is 13.2 Å². The van der Waals surface area contributed by atoms with Gasteiger partial charge in [-0.15, -0.1) is 0 Å². The molecule has 0 saturated carbocycles. The second kappa shape index (κ2) is 6.39. The molecule has 6 nitrogen and oxygen atoms in total. The Bertz CT molecular complexity index is 708. The van der Waals surface area contributed by atoms with E-state index in [1.807, 2.05) is 0 Å². The summed E-state index contributed by atoms with van der Waals surface area (Å²) in [6.45, 7) is 1.43. The number of methoxy groups -OCH3 is 1. The highest BCUT2D eigenvalue weighted by molar-refractivity contribution is 7.89. The number of carbonyl (C=O) groups excluding carboxylic acids is 1. The molecule has 3 rings (SSSR count). The van der Waals surface area contributed by atoms with E-state index in [0.29, 0.717) is 6.54 Å². The molecule has 126 valence electrons. The topological polar surface area (TPSA) is 75.7 Å². The molecule has 0 spiro atoms. The molecule has 2 saturated heterocycles. The Labute approximate surface area is 140 Å². The highest BCUT2D eigenvalue weighted by Crippen LogP contribution is 2.35. The van der Waals surface area contributed by atoms with E-state index < -0.39 is 16.0 Å². The van der Waals surface area contributed by atoms with Crippen LogP contribution in [-0.2, 0) is 14.8 Å². The summed E-state index contributed by atoms with van der Waals surface area (Å²) >= 11 is 5.98. The smallest absolute Gasteiger partial charge is 0.339 e. The summed E-state index contributed by atoms with van der Waals surface area (Å²) in [5.41, 5.74) is 0.0218. The van der Waals surface area contributed by atoms with E-state index >= 15 is 0 Å². The maximum atomic E-state index is 13.2. The first-order valence-electron chi connectivity index (χ1n) is 7.57. The van der Waals surface area contributed by atoms with Gasteiger partial charge >= 0.3 is 5.97 Å². The second-order valence-electron chi connectivity index (χ2n) is 5.84. The van der Waals surface area contributed by atoms with Gasteiger partial charge < -0.3 is 10.1 Å². The van der Waals surface area contributed by atoms with Crippen molar-refractivity contribution in [1.29, 1.82) is 0 Å². The fourth-order valence-electron chi connectivity index (χ4n) is 3.43. The average molecular weight is 359 g/mol. The molecule has 0 amide bonds. The summed E-state index contributed by atoms with van der Waals surface area (Å²) in [6.07, 6.45) is 2.44. The molecule has 8 heteroatoms. The summed E-state index contributed by atoms with van der Waals surface area (Å²) in [4.78, 5) is 11.9. The van der Waals surface area contributed by atoms with E-state index in [0.717, 1.165) is 25.8 Å². The van der Waals surface area contributed by atoms with E-state index in [1.165, 1.54) is 25.3 Å².